The van der Waals surface area contributed by atoms with E-state index < -0.39 is 10.7 Å². The molecule has 1 aliphatic carbocycles. The van der Waals surface area contributed by atoms with Gasteiger partial charge >= 0.3 is 0 Å². The quantitative estimate of drug-likeness (QED) is 0.375. The van der Waals surface area contributed by atoms with Crippen LogP contribution in [0.15, 0.2) is 36.7 Å². The first kappa shape index (κ1) is 19.7. The number of fused-ring (bicyclic) bond motifs is 2. The topological polar surface area (TPSA) is 84.2 Å². The second-order valence-corrected chi connectivity index (χ2v) is 8.34. The fraction of sp³-hybridized carbons (Fsp3) is 0.273. The van der Waals surface area contributed by atoms with Gasteiger partial charge in [0.25, 0.3) is 5.69 Å². The van der Waals surface area contributed by atoms with Gasteiger partial charge in [0.2, 0.25) is 0 Å². The average molecular weight is 438 g/mol. The molecule has 0 spiro atoms. The summed E-state index contributed by atoms with van der Waals surface area (Å²) in [5, 5.41) is 14.9. The number of hydrogen-bond acceptors (Lipinski definition) is 6. The minimum atomic E-state index is -0.631. The summed E-state index contributed by atoms with van der Waals surface area (Å²) in [6.07, 6.45) is 1.32. The molecule has 5 rings (SSSR count). The zero-order valence-electron chi connectivity index (χ0n) is 16.5. The molecule has 0 unspecified atom stereocenters. The maximum atomic E-state index is 14.3. The standard InChI is InChI=1S/C22H17ClFN5O2/c1-28-9-15-13(16(15)10-28)6-5-12-7-19-14(8-20(12)29(30)31)22(26-11-25-19)27-18-4-2-3-17(23)21(18)24/h2-4,7-8,11,13,15-16H,9-10H2,1H3,(H,25,26,27)/t13-,15-,16+. The first-order chi connectivity index (χ1) is 14.9. The van der Waals surface area contributed by atoms with Crippen molar-refractivity contribution in [2.24, 2.45) is 17.8 Å². The highest BCUT2D eigenvalue weighted by Crippen LogP contribution is 2.50. The van der Waals surface area contributed by atoms with Gasteiger partial charge in [0.05, 0.1) is 21.2 Å². The molecule has 1 aliphatic heterocycles. The molecule has 3 atom stereocenters. The van der Waals surface area contributed by atoms with E-state index in [0.717, 1.165) is 13.1 Å². The summed E-state index contributed by atoms with van der Waals surface area (Å²) < 4.78 is 14.3. The van der Waals surface area contributed by atoms with E-state index in [1.807, 2.05) is 0 Å². The molecule has 0 bridgehead atoms. The smallest absolute Gasteiger partial charge is 0.285 e. The maximum Gasteiger partial charge on any atom is 0.285 e. The van der Waals surface area contributed by atoms with Crippen LogP contribution in [0.1, 0.15) is 5.56 Å². The van der Waals surface area contributed by atoms with E-state index in [1.54, 1.807) is 12.1 Å². The Morgan fingerprint density at radius 2 is 2.06 bits per heavy atom. The molecule has 2 aromatic carbocycles. The van der Waals surface area contributed by atoms with Crippen molar-refractivity contribution in [1.82, 2.24) is 14.9 Å². The molecule has 156 valence electrons. The Bertz CT molecular complexity index is 1280. The summed E-state index contributed by atoms with van der Waals surface area (Å²) in [5.74, 6) is 7.25. The van der Waals surface area contributed by atoms with Gasteiger partial charge in [-0.05, 0) is 37.1 Å². The van der Waals surface area contributed by atoms with E-state index in [-0.39, 0.29) is 22.2 Å². The second kappa shape index (κ2) is 7.45. The minimum absolute atomic E-state index is 0.0389. The molecule has 7 nitrogen and oxygen atoms in total. The number of benzene rings is 2. The third-order valence-corrected chi connectivity index (χ3v) is 6.20. The van der Waals surface area contributed by atoms with Gasteiger partial charge in [0.15, 0.2) is 5.82 Å². The molecule has 0 radical (unpaired) electrons. The summed E-state index contributed by atoms with van der Waals surface area (Å²) in [6.45, 7) is 2.04. The highest BCUT2D eigenvalue weighted by atomic mass is 35.5. The van der Waals surface area contributed by atoms with Gasteiger partial charge in [-0.3, -0.25) is 10.1 Å². The number of aromatic nitrogens is 2. The SMILES string of the molecule is CN1C[C@@H]2[C@@H](C#Cc3cc4ncnc(Nc5cccc(Cl)c5F)c4cc3[N+](=O)[O-])[C@@H]2C1. The van der Waals surface area contributed by atoms with Gasteiger partial charge in [0.1, 0.15) is 17.7 Å². The summed E-state index contributed by atoms with van der Waals surface area (Å²) in [6, 6.07) is 7.51. The molecule has 2 heterocycles. The van der Waals surface area contributed by atoms with Crippen LogP contribution in [0.2, 0.25) is 5.02 Å². The predicted octanol–water partition coefficient (Wildman–Crippen LogP) is 4.23. The van der Waals surface area contributed by atoms with Crippen molar-refractivity contribution in [3.63, 3.8) is 0 Å². The molecular weight excluding hydrogens is 421 g/mol. The molecule has 31 heavy (non-hydrogen) atoms. The summed E-state index contributed by atoms with van der Waals surface area (Å²) in [7, 11) is 2.09. The van der Waals surface area contributed by atoms with Gasteiger partial charge in [-0.2, -0.15) is 0 Å². The number of nitro groups is 1. The predicted molar refractivity (Wildman–Crippen MR) is 116 cm³/mol. The van der Waals surface area contributed by atoms with E-state index in [2.05, 4.69) is 39.1 Å². The van der Waals surface area contributed by atoms with Gasteiger partial charge in [-0.15, -0.1) is 0 Å². The van der Waals surface area contributed by atoms with Crippen molar-refractivity contribution in [1.29, 1.82) is 0 Å². The largest absolute Gasteiger partial charge is 0.337 e. The van der Waals surface area contributed by atoms with Crippen LogP contribution in [0, 0.1) is 45.5 Å². The van der Waals surface area contributed by atoms with E-state index >= 15 is 0 Å². The number of hydrogen-bond donors (Lipinski definition) is 1. The second-order valence-electron chi connectivity index (χ2n) is 7.94. The molecule has 1 saturated carbocycles. The molecule has 1 N–H and O–H groups in total. The van der Waals surface area contributed by atoms with E-state index in [9.17, 15) is 14.5 Å². The highest BCUT2D eigenvalue weighted by molar-refractivity contribution is 6.31. The van der Waals surface area contributed by atoms with E-state index in [0.29, 0.717) is 34.2 Å². The first-order valence-corrected chi connectivity index (χ1v) is 10.1. The number of halogens is 2. The molecule has 0 amide bonds. The third-order valence-electron chi connectivity index (χ3n) is 5.90. The number of nitrogens with zero attached hydrogens (tertiary/aromatic N) is 4. The fourth-order valence-electron chi connectivity index (χ4n) is 4.28. The maximum absolute atomic E-state index is 14.3. The Balaban J connectivity index is 1.52. The summed E-state index contributed by atoms with van der Waals surface area (Å²) >= 11 is 5.84. The zero-order chi connectivity index (χ0) is 21.7. The van der Waals surface area contributed by atoms with Crippen LogP contribution in [0.3, 0.4) is 0 Å². The lowest BCUT2D eigenvalue weighted by Gasteiger charge is -2.10. The number of anilines is 2. The van der Waals surface area contributed by atoms with Crippen molar-refractivity contribution in [2.45, 2.75) is 0 Å². The van der Waals surface area contributed by atoms with Crippen LogP contribution in [-0.4, -0.2) is 39.9 Å². The van der Waals surface area contributed by atoms with E-state index in [1.165, 1.54) is 24.5 Å². The number of rotatable bonds is 3. The summed E-state index contributed by atoms with van der Waals surface area (Å²) in [5.41, 5.74) is 0.775. The molecule has 2 fully saturated rings. The van der Waals surface area contributed by atoms with Gasteiger partial charge in [0, 0.05) is 30.5 Å². The van der Waals surface area contributed by atoms with Crippen LogP contribution in [0.4, 0.5) is 21.6 Å². The van der Waals surface area contributed by atoms with Crippen LogP contribution < -0.4 is 5.32 Å². The van der Waals surface area contributed by atoms with Crippen molar-refractivity contribution < 1.29 is 9.31 Å². The Hall–Kier alpha value is -3.28. The van der Waals surface area contributed by atoms with Crippen LogP contribution in [0.5, 0.6) is 0 Å². The Morgan fingerprint density at radius 1 is 1.29 bits per heavy atom. The van der Waals surface area contributed by atoms with Crippen molar-refractivity contribution in [3.05, 3.63) is 63.2 Å². The van der Waals surface area contributed by atoms with Gasteiger partial charge in [-0.25, -0.2) is 14.4 Å². The molecular formula is C22H17ClFN5O2. The Labute approximate surface area is 182 Å². The number of nitrogens with one attached hydrogen (secondary N) is 1. The van der Waals surface area contributed by atoms with Crippen molar-refractivity contribution in [3.8, 4) is 11.8 Å². The minimum Gasteiger partial charge on any atom is -0.337 e. The molecule has 9 heteroatoms. The summed E-state index contributed by atoms with van der Waals surface area (Å²) in [4.78, 5) is 21.9. The molecule has 1 aromatic heterocycles. The van der Waals surface area contributed by atoms with Crippen LogP contribution in [0.25, 0.3) is 10.9 Å². The van der Waals surface area contributed by atoms with Crippen LogP contribution >= 0.6 is 11.6 Å². The number of likely N-dealkylation sites (tertiary alicyclic amines) is 1. The lowest BCUT2D eigenvalue weighted by molar-refractivity contribution is -0.385. The highest BCUT2D eigenvalue weighted by Gasteiger charge is 2.54. The number of nitro benzene ring substituents is 1. The normalized spacial score (nSPS) is 22.0. The van der Waals surface area contributed by atoms with Crippen molar-refractivity contribution >= 4 is 39.7 Å². The van der Waals surface area contributed by atoms with Crippen LogP contribution in [-0.2, 0) is 0 Å². The van der Waals surface area contributed by atoms with Gasteiger partial charge in [-0.1, -0.05) is 29.5 Å². The third kappa shape index (κ3) is 3.56. The average Bonchev–Trinajstić information content (AvgIpc) is 3.21. The first-order valence-electron chi connectivity index (χ1n) is 9.76. The lowest BCUT2D eigenvalue weighted by Crippen LogP contribution is -2.18. The monoisotopic (exact) mass is 437 g/mol. The van der Waals surface area contributed by atoms with Gasteiger partial charge < -0.3 is 10.2 Å². The molecule has 1 saturated heterocycles. The number of piperidine rings is 1. The van der Waals surface area contributed by atoms with E-state index in [4.69, 9.17) is 11.6 Å². The lowest BCUT2D eigenvalue weighted by atomic mass is 10.1. The Morgan fingerprint density at radius 3 is 2.81 bits per heavy atom. The van der Waals surface area contributed by atoms with Crippen molar-refractivity contribution in [2.75, 3.05) is 25.5 Å². The fourth-order valence-corrected chi connectivity index (χ4v) is 4.46. The zero-order valence-corrected chi connectivity index (χ0v) is 17.2. The Kier molecular flexibility index (Phi) is 4.73. The molecule has 3 aromatic rings. The molecule has 2 aliphatic rings.